The molecule has 130 valence electrons. The van der Waals surface area contributed by atoms with E-state index in [-0.39, 0.29) is 23.6 Å². The molecule has 1 amide bonds. The molecule has 8 nitrogen and oxygen atoms in total. The predicted octanol–water partition coefficient (Wildman–Crippen LogP) is 0.172. The van der Waals surface area contributed by atoms with Crippen LogP contribution in [0.15, 0.2) is 18.2 Å². The zero-order valence-electron chi connectivity index (χ0n) is 12.8. The first-order valence-corrected chi connectivity index (χ1v) is 9.34. The van der Waals surface area contributed by atoms with Gasteiger partial charge in [0.05, 0.1) is 30.3 Å². The minimum atomic E-state index is -3.48. The van der Waals surface area contributed by atoms with Crippen molar-refractivity contribution in [1.29, 1.82) is 0 Å². The molecular formula is C15H17NO7S. The second-order valence-corrected chi connectivity index (χ2v) is 7.88. The number of amides is 1. The van der Waals surface area contributed by atoms with Crippen LogP contribution in [0.5, 0.6) is 11.5 Å². The summed E-state index contributed by atoms with van der Waals surface area (Å²) < 4.78 is 34.5. The van der Waals surface area contributed by atoms with Crippen LogP contribution in [0.1, 0.15) is 16.8 Å². The van der Waals surface area contributed by atoms with Gasteiger partial charge in [0.1, 0.15) is 6.04 Å². The van der Waals surface area contributed by atoms with Crippen LogP contribution in [0, 0.1) is 0 Å². The Morgan fingerprint density at radius 1 is 1.21 bits per heavy atom. The van der Waals surface area contributed by atoms with Gasteiger partial charge in [-0.3, -0.25) is 4.79 Å². The van der Waals surface area contributed by atoms with Crippen molar-refractivity contribution in [2.45, 2.75) is 12.5 Å². The summed E-state index contributed by atoms with van der Waals surface area (Å²) in [7, 11) is -3.48. The Morgan fingerprint density at radius 3 is 2.71 bits per heavy atom. The molecule has 1 aromatic rings. The Balaban J connectivity index is 1.95. The SMILES string of the molecule is O=C(O)C1CS(=O)(=O)CCN1C(=O)c1cccc2c1OCCCO2. The van der Waals surface area contributed by atoms with Crippen LogP contribution >= 0.6 is 0 Å². The van der Waals surface area contributed by atoms with Gasteiger partial charge < -0.3 is 19.5 Å². The fourth-order valence-electron chi connectivity index (χ4n) is 2.77. The van der Waals surface area contributed by atoms with Crippen LogP contribution in [0.4, 0.5) is 0 Å². The number of fused-ring (bicyclic) bond motifs is 1. The first-order valence-electron chi connectivity index (χ1n) is 7.52. The van der Waals surface area contributed by atoms with Crippen molar-refractivity contribution < 1.29 is 32.6 Å². The summed E-state index contributed by atoms with van der Waals surface area (Å²) in [6.45, 7) is 0.682. The van der Waals surface area contributed by atoms with Gasteiger partial charge in [0, 0.05) is 13.0 Å². The second kappa shape index (κ2) is 6.31. The van der Waals surface area contributed by atoms with Gasteiger partial charge in [-0.05, 0) is 12.1 Å². The summed E-state index contributed by atoms with van der Waals surface area (Å²) in [5, 5.41) is 9.31. The molecule has 0 radical (unpaired) electrons. The molecule has 0 bridgehead atoms. The molecule has 3 rings (SSSR count). The summed E-state index contributed by atoms with van der Waals surface area (Å²) in [4.78, 5) is 25.3. The van der Waals surface area contributed by atoms with E-state index in [0.29, 0.717) is 25.4 Å². The number of carboxylic acids is 1. The molecule has 1 aromatic carbocycles. The number of hydrogen-bond acceptors (Lipinski definition) is 6. The van der Waals surface area contributed by atoms with Gasteiger partial charge in [-0.15, -0.1) is 0 Å². The number of para-hydroxylation sites is 1. The quantitative estimate of drug-likeness (QED) is 0.805. The lowest BCUT2D eigenvalue weighted by molar-refractivity contribution is -0.141. The van der Waals surface area contributed by atoms with Crippen molar-refractivity contribution in [1.82, 2.24) is 4.90 Å². The number of rotatable bonds is 2. The van der Waals surface area contributed by atoms with Crippen molar-refractivity contribution in [3.8, 4) is 11.5 Å². The molecule has 24 heavy (non-hydrogen) atoms. The van der Waals surface area contributed by atoms with Gasteiger partial charge in [-0.2, -0.15) is 0 Å². The molecule has 1 saturated heterocycles. The van der Waals surface area contributed by atoms with Crippen molar-refractivity contribution in [2.24, 2.45) is 0 Å². The van der Waals surface area contributed by atoms with Crippen molar-refractivity contribution in [2.75, 3.05) is 31.3 Å². The minimum absolute atomic E-state index is 0.164. The summed E-state index contributed by atoms with van der Waals surface area (Å²) in [6, 6.07) is 3.42. The van der Waals surface area contributed by atoms with Gasteiger partial charge in [0.25, 0.3) is 5.91 Å². The smallest absolute Gasteiger partial charge is 0.327 e. The van der Waals surface area contributed by atoms with E-state index in [9.17, 15) is 23.1 Å². The molecule has 0 aromatic heterocycles. The number of hydrogen-bond donors (Lipinski definition) is 1. The number of nitrogens with zero attached hydrogens (tertiary/aromatic N) is 1. The second-order valence-electron chi connectivity index (χ2n) is 5.65. The molecule has 0 spiro atoms. The van der Waals surface area contributed by atoms with E-state index < -0.39 is 33.5 Å². The lowest BCUT2D eigenvalue weighted by Crippen LogP contribution is -2.54. The van der Waals surface area contributed by atoms with Gasteiger partial charge in [0.15, 0.2) is 21.3 Å². The maximum absolute atomic E-state index is 12.8. The molecule has 2 aliphatic heterocycles. The molecule has 1 atom stereocenters. The maximum Gasteiger partial charge on any atom is 0.327 e. The Bertz CT molecular complexity index is 774. The van der Waals surface area contributed by atoms with Crippen LogP contribution < -0.4 is 9.47 Å². The molecule has 1 unspecified atom stereocenters. The third kappa shape index (κ3) is 3.16. The summed E-state index contributed by atoms with van der Waals surface area (Å²) >= 11 is 0. The highest BCUT2D eigenvalue weighted by molar-refractivity contribution is 7.91. The van der Waals surface area contributed by atoms with E-state index in [1.54, 1.807) is 12.1 Å². The van der Waals surface area contributed by atoms with Crippen molar-refractivity contribution in [3.05, 3.63) is 23.8 Å². The van der Waals surface area contributed by atoms with Crippen LogP contribution in [0.2, 0.25) is 0 Å². The zero-order chi connectivity index (χ0) is 17.3. The van der Waals surface area contributed by atoms with E-state index in [4.69, 9.17) is 9.47 Å². The number of carboxylic acid groups (broad SMARTS) is 1. The van der Waals surface area contributed by atoms with Crippen molar-refractivity contribution >= 4 is 21.7 Å². The maximum atomic E-state index is 12.8. The lowest BCUT2D eigenvalue weighted by atomic mass is 10.1. The van der Waals surface area contributed by atoms with Gasteiger partial charge in [-0.1, -0.05) is 6.07 Å². The average Bonchev–Trinajstić information content (AvgIpc) is 2.78. The highest BCUT2D eigenvalue weighted by atomic mass is 32.2. The van der Waals surface area contributed by atoms with Crippen molar-refractivity contribution in [3.63, 3.8) is 0 Å². The minimum Gasteiger partial charge on any atom is -0.490 e. The summed E-state index contributed by atoms with van der Waals surface area (Å²) in [6.07, 6.45) is 0.669. The van der Waals surface area contributed by atoms with E-state index in [0.717, 1.165) is 4.90 Å². The van der Waals surface area contributed by atoms with E-state index in [2.05, 4.69) is 0 Å². The number of ether oxygens (including phenoxy) is 2. The monoisotopic (exact) mass is 355 g/mol. The molecule has 0 aliphatic carbocycles. The highest BCUT2D eigenvalue weighted by Gasteiger charge is 2.40. The fraction of sp³-hybridized carbons (Fsp3) is 0.467. The topological polar surface area (TPSA) is 110 Å². The Morgan fingerprint density at radius 2 is 1.96 bits per heavy atom. The fourth-order valence-corrected chi connectivity index (χ4v) is 4.22. The highest BCUT2D eigenvalue weighted by Crippen LogP contribution is 2.34. The Labute approximate surface area is 138 Å². The third-order valence-electron chi connectivity index (χ3n) is 3.98. The Kier molecular flexibility index (Phi) is 4.35. The molecule has 1 N–H and O–H groups in total. The first kappa shape index (κ1) is 16.6. The summed E-state index contributed by atoms with van der Waals surface area (Å²) in [5.74, 6) is -2.05. The van der Waals surface area contributed by atoms with Crippen LogP contribution in [0.25, 0.3) is 0 Å². The number of benzene rings is 1. The lowest BCUT2D eigenvalue weighted by Gasteiger charge is -2.33. The number of carbonyl (C=O) groups is 2. The average molecular weight is 355 g/mol. The number of carbonyl (C=O) groups excluding carboxylic acids is 1. The predicted molar refractivity (Wildman–Crippen MR) is 83.2 cm³/mol. The molecule has 2 aliphatic rings. The van der Waals surface area contributed by atoms with Crippen LogP contribution in [-0.4, -0.2) is 67.6 Å². The van der Waals surface area contributed by atoms with E-state index in [1.165, 1.54) is 6.07 Å². The standard InChI is InChI=1S/C15H17NO7S/c17-14(16-5-8-24(20,21)9-11(16)15(18)19)10-3-1-4-12-13(10)23-7-2-6-22-12/h1,3-4,11H,2,5-9H2,(H,18,19). The normalized spacial score (nSPS) is 22.5. The van der Waals surface area contributed by atoms with Gasteiger partial charge in [-0.25, -0.2) is 13.2 Å². The molecule has 0 saturated carbocycles. The zero-order valence-corrected chi connectivity index (χ0v) is 13.6. The first-order chi connectivity index (χ1) is 11.4. The Hall–Kier alpha value is -2.29. The molecular weight excluding hydrogens is 338 g/mol. The molecule has 9 heteroatoms. The van der Waals surface area contributed by atoms with Gasteiger partial charge in [0.2, 0.25) is 0 Å². The largest absolute Gasteiger partial charge is 0.490 e. The number of sulfone groups is 1. The summed E-state index contributed by atoms with van der Waals surface area (Å²) in [5.41, 5.74) is 0.181. The van der Waals surface area contributed by atoms with E-state index >= 15 is 0 Å². The van der Waals surface area contributed by atoms with E-state index in [1.807, 2.05) is 0 Å². The number of aliphatic carboxylic acids is 1. The molecule has 1 fully saturated rings. The third-order valence-corrected chi connectivity index (χ3v) is 5.61. The molecule has 2 heterocycles. The van der Waals surface area contributed by atoms with Crippen LogP contribution in [0.3, 0.4) is 0 Å². The van der Waals surface area contributed by atoms with Gasteiger partial charge >= 0.3 is 5.97 Å². The van der Waals surface area contributed by atoms with Crippen LogP contribution in [-0.2, 0) is 14.6 Å².